The SMILES string of the molecule is CCOC(=O)c1c(NC(=O)COC(=O)c2oc3ccc(OC)cc3c2C)sc(Cl)c1-c1ccccc1. The van der Waals surface area contributed by atoms with Gasteiger partial charge in [-0.05, 0) is 37.6 Å². The lowest BCUT2D eigenvalue weighted by Crippen LogP contribution is -2.21. The van der Waals surface area contributed by atoms with Gasteiger partial charge in [0.2, 0.25) is 5.76 Å². The third-order valence-electron chi connectivity index (χ3n) is 5.32. The number of ether oxygens (including phenoxy) is 3. The van der Waals surface area contributed by atoms with E-state index in [1.165, 1.54) is 0 Å². The number of carbonyl (C=O) groups is 3. The van der Waals surface area contributed by atoms with Gasteiger partial charge in [0.15, 0.2) is 6.61 Å². The molecule has 0 bridgehead atoms. The van der Waals surface area contributed by atoms with Crippen LogP contribution in [0.3, 0.4) is 0 Å². The molecular formula is C26H22ClNO7S. The number of hydrogen-bond acceptors (Lipinski definition) is 8. The molecule has 0 saturated heterocycles. The van der Waals surface area contributed by atoms with Gasteiger partial charge in [0.05, 0.1) is 13.7 Å². The molecule has 4 rings (SSSR count). The van der Waals surface area contributed by atoms with Crippen molar-refractivity contribution in [1.82, 2.24) is 0 Å². The summed E-state index contributed by atoms with van der Waals surface area (Å²) in [6.45, 7) is 2.94. The molecule has 0 atom stereocenters. The summed E-state index contributed by atoms with van der Waals surface area (Å²) in [6.07, 6.45) is 0. The molecule has 0 unspecified atom stereocenters. The Labute approximate surface area is 215 Å². The van der Waals surface area contributed by atoms with Crippen LogP contribution in [0.1, 0.15) is 33.4 Å². The Morgan fingerprint density at radius 1 is 1.06 bits per heavy atom. The van der Waals surface area contributed by atoms with E-state index in [2.05, 4.69) is 5.32 Å². The highest BCUT2D eigenvalue weighted by molar-refractivity contribution is 7.21. The van der Waals surface area contributed by atoms with Crippen molar-refractivity contribution in [3.63, 3.8) is 0 Å². The van der Waals surface area contributed by atoms with E-state index in [-0.39, 0.29) is 22.9 Å². The van der Waals surface area contributed by atoms with Gasteiger partial charge < -0.3 is 23.9 Å². The standard InChI is InChI=1S/C26H22ClNO7S/c1-4-33-25(30)21-20(15-8-6-5-7-9-15)23(27)36-24(21)28-19(29)13-34-26(31)22-14(2)17-12-16(32-3)10-11-18(17)35-22/h5-12H,4,13H2,1-3H3,(H,28,29). The van der Waals surface area contributed by atoms with Gasteiger partial charge >= 0.3 is 11.9 Å². The number of furan rings is 1. The van der Waals surface area contributed by atoms with Crippen LogP contribution in [0.5, 0.6) is 5.75 Å². The molecule has 0 fully saturated rings. The van der Waals surface area contributed by atoms with Crippen LogP contribution in [0.15, 0.2) is 52.9 Å². The molecule has 2 aromatic carbocycles. The van der Waals surface area contributed by atoms with E-state index in [0.29, 0.717) is 37.7 Å². The van der Waals surface area contributed by atoms with Crippen LogP contribution in [0.4, 0.5) is 5.00 Å². The lowest BCUT2D eigenvalue weighted by atomic mass is 10.0. The first-order valence-electron chi connectivity index (χ1n) is 10.9. The average molecular weight is 528 g/mol. The van der Waals surface area contributed by atoms with Crippen molar-refractivity contribution < 1.29 is 33.0 Å². The molecule has 36 heavy (non-hydrogen) atoms. The lowest BCUT2D eigenvalue weighted by Gasteiger charge is -2.09. The summed E-state index contributed by atoms with van der Waals surface area (Å²) in [5, 5.41) is 3.51. The molecule has 0 aliphatic heterocycles. The number of halogens is 1. The van der Waals surface area contributed by atoms with E-state index >= 15 is 0 Å². The maximum atomic E-state index is 12.7. The summed E-state index contributed by atoms with van der Waals surface area (Å²) in [4.78, 5) is 38.0. The number of aryl methyl sites for hydroxylation is 1. The number of fused-ring (bicyclic) bond motifs is 1. The Morgan fingerprint density at radius 3 is 2.50 bits per heavy atom. The van der Waals surface area contributed by atoms with E-state index in [1.54, 1.807) is 51.3 Å². The van der Waals surface area contributed by atoms with Crippen molar-refractivity contribution in [3.8, 4) is 16.9 Å². The molecule has 1 N–H and O–H groups in total. The number of esters is 2. The molecule has 0 aliphatic carbocycles. The second-order valence-electron chi connectivity index (χ2n) is 7.58. The van der Waals surface area contributed by atoms with E-state index in [1.807, 2.05) is 18.2 Å². The fourth-order valence-electron chi connectivity index (χ4n) is 3.63. The number of nitrogens with one attached hydrogen (secondary N) is 1. The number of rotatable bonds is 8. The minimum Gasteiger partial charge on any atom is -0.497 e. The van der Waals surface area contributed by atoms with Crippen LogP contribution >= 0.6 is 22.9 Å². The summed E-state index contributed by atoms with van der Waals surface area (Å²) in [7, 11) is 1.54. The number of carbonyl (C=O) groups excluding carboxylic acids is 3. The quantitative estimate of drug-likeness (QED) is 0.276. The summed E-state index contributed by atoms with van der Waals surface area (Å²) in [5.41, 5.74) is 2.36. The predicted octanol–water partition coefficient (Wildman–Crippen LogP) is 6.10. The second-order valence-corrected chi connectivity index (χ2v) is 9.21. The molecule has 10 heteroatoms. The van der Waals surface area contributed by atoms with E-state index in [9.17, 15) is 14.4 Å². The highest BCUT2D eigenvalue weighted by atomic mass is 35.5. The van der Waals surface area contributed by atoms with Gasteiger partial charge in [-0.3, -0.25) is 4.79 Å². The number of anilines is 1. The van der Waals surface area contributed by atoms with Crippen LogP contribution in [0, 0.1) is 6.92 Å². The van der Waals surface area contributed by atoms with Crippen LogP contribution in [-0.2, 0) is 14.3 Å². The number of hydrogen-bond donors (Lipinski definition) is 1. The molecule has 4 aromatic rings. The summed E-state index contributed by atoms with van der Waals surface area (Å²) in [5.74, 6) is -1.46. The fourth-order valence-corrected chi connectivity index (χ4v) is 5.02. The normalized spacial score (nSPS) is 10.8. The first-order chi connectivity index (χ1) is 17.3. The minimum absolute atomic E-state index is 0.0104. The van der Waals surface area contributed by atoms with E-state index < -0.39 is 24.5 Å². The van der Waals surface area contributed by atoms with Crippen molar-refractivity contribution in [2.24, 2.45) is 0 Å². The Hall–Kier alpha value is -3.82. The summed E-state index contributed by atoms with van der Waals surface area (Å²) >= 11 is 7.47. The number of methoxy groups -OCH3 is 1. The molecule has 0 radical (unpaired) electrons. The zero-order chi connectivity index (χ0) is 25.8. The number of thiophene rings is 1. The van der Waals surface area contributed by atoms with Crippen molar-refractivity contribution in [2.45, 2.75) is 13.8 Å². The monoisotopic (exact) mass is 527 g/mol. The number of benzene rings is 2. The summed E-state index contributed by atoms with van der Waals surface area (Å²) < 4.78 is 21.5. The van der Waals surface area contributed by atoms with Crippen LogP contribution < -0.4 is 10.1 Å². The molecular weight excluding hydrogens is 506 g/mol. The lowest BCUT2D eigenvalue weighted by molar-refractivity contribution is -0.119. The maximum Gasteiger partial charge on any atom is 0.375 e. The average Bonchev–Trinajstić information content (AvgIpc) is 3.38. The third kappa shape index (κ3) is 5.07. The van der Waals surface area contributed by atoms with E-state index in [0.717, 1.165) is 11.3 Å². The van der Waals surface area contributed by atoms with Gasteiger partial charge in [-0.15, -0.1) is 11.3 Å². The van der Waals surface area contributed by atoms with Crippen LogP contribution in [-0.4, -0.2) is 38.2 Å². The predicted molar refractivity (Wildman–Crippen MR) is 137 cm³/mol. The van der Waals surface area contributed by atoms with Gasteiger partial charge in [-0.1, -0.05) is 41.9 Å². The molecule has 2 heterocycles. The topological polar surface area (TPSA) is 104 Å². The second kappa shape index (κ2) is 10.8. The highest BCUT2D eigenvalue weighted by Gasteiger charge is 2.27. The largest absolute Gasteiger partial charge is 0.497 e. The van der Waals surface area contributed by atoms with Crippen LogP contribution in [0.25, 0.3) is 22.1 Å². The number of amides is 1. The fraction of sp³-hybridized carbons (Fsp3) is 0.192. The van der Waals surface area contributed by atoms with Gasteiger partial charge in [0.25, 0.3) is 5.91 Å². The maximum absolute atomic E-state index is 12.7. The van der Waals surface area contributed by atoms with Crippen molar-refractivity contribution in [2.75, 3.05) is 25.6 Å². The Bertz CT molecular complexity index is 1440. The molecule has 2 aromatic heterocycles. The Kier molecular flexibility index (Phi) is 7.61. The minimum atomic E-state index is -0.794. The molecule has 1 amide bonds. The van der Waals surface area contributed by atoms with Gasteiger partial charge in [-0.25, -0.2) is 9.59 Å². The first kappa shape index (κ1) is 25.3. The van der Waals surface area contributed by atoms with Gasteiger partial charge in [0, 0.05) is 16.5 Å². The molecule has 0 aliphatic rings. The van der Waals surface area contributed by atoms with E-state index in [4.69, 9.17) is 30.2 Å². The Balaban J connectivity index is 1.52. The smallest absolute Gasteiger partial charge is 0.375 e. The van der Waals surface area contributed by atoms with Crippen molar-refractivity contribution in [1.29, 1.82) is 0 Å². The molecule has 0 spiro atoms. The zero-order valence-corrected chi connectivity index (χ0v) is 21.2. The zero-order valence-electron chi connectivity index (χ0n) is 19.7. The van der Waals surface area contributed by atoms with Gasteiger partial charge in [-0.2, -0.15) is 0 Å². The third-order valence-corrected chi connectivity index (χ3v) is 6.64. The van der Waals surface area contributed by atoms with Crippen LogP contribution in [0.2, 0.25) is 4.34 Å². The molecule has 8 nitrogen and oxygen atoms in total. The molecule has 186 valence electrons. The van der Waals surface area contributed by atoms with Gasteiger partial charge in [0.1, 0.15) is 26.2 Å². The molecule has 0 saturated carbocycles. The Morgan fingerprint density at radius 2 is 1.81 bits per heavy atom. The first-order valence-corrected chi connectivity index (χ1v) is 12.1. The highest BCUT2D eigenvalue weighted by Crippen LogP contribution is 2.44. The van der Waals surface area contributed by atoms with Crippen molar-refractivity contribution in [3.05, 3.63) is 69.8 Å². The van der Waals surface area contributed by atoms with Crippen molar-refractivity contribution >= 4 is 56.8 Å². The summed E-state index contributed by atoms with van der Waals surface area (Å²) in [6, 6.07) is 14.2.